The number of carbonyl (C=O) groups excluding carboxylic acids is 1. The van der Waals surface area contributed by atoms with Crippen LogP contribution in [-0.4, -0.2) is 22.1 Å². The molecule has 0 aliphatic heterocycles. The lowest BCUT2D eigenvalue weighted by Crippen LogP contribution is -2.11. The number of carbonyl (C=O) groups is 1. The maximum Gasteiger partial charge on any atom is 0.307 e. The molecule has 0 saturated carbocycles. The summed E-state index contributed by atoms with van der Waals surface area (Å²) < 4.78 is 7.91. The first-order chi connectivity index (χ1) is 9.52. The number of imidazole rings is 1. The van der Waals surface area contributed by atoms with Gasteiger partial charge in [-0.3, -0.25) is 4.79 Å². The Balaban J connectivity index is 2.34. The molecule has 1 aromatic heterocycles. The van der Waals surface area contributed by atoms with Crippen molar-refractivity contribution in [3.05, 3.63) is 28.5 Å². The Morgan fingerprint density at radius 2 is 2.30 bits per heavy atom. The largest absolute Gasteiger partial charge is 0.466 e. The van der Waals surface area contributed by atoms with E-state index in [9.17, 15) is 4.79 Å². The van der Waals surface area contributed by atoms with Gasteiger partial charge in [0, 0.05) is 11.0 Å². The molecule has 0 aliphatic carbocycles. The molecule has 108 valence electrons. The Labute approximate surface area is 131 Å². The average Bonchev–Trinajstić information content (AvgIpc) is 2.74. The van der Waals surface area contributed by atoms with Crippen molar-refractivity contribution in [3.63, 3.8) is 0 Å². The third kappa shape index (κ3) is 3.33. The number of aryl methyl sites for hydroxylation is 1. The zero-order valence-corrected chi connectivity index (χ0v) is 13.7. The average molecular weight is 360 g/mol. The third-order valence-corrected chi connectivity index (χ3v) is 3.63. The zero-order chi connectivity index (χ0) is 14.7. The van der Waals surface area contributed by atoms with E-state index in [0.29, 0.717) is 19.6 Å². The normalized spacial score (nSPS) is 12.6. The van der Waals surface area contributed by atoms with E-state index >= 15 is 0 Å². The van der Waals surface area contributed by atoms with E-state index < -0.39 is 0 Å². The second-order valence-electron chi connectivity index (χ2n) is 4.43. The van der Waals surface area contributed by atoms with Crippen molar-refractivity contribution in [1.29, 1.82) is 0 Å². The maximum atomic E-state index is 11.5. The molecule has 1 unspecified atom stereocenters. The van der Waals surface area contributed by atoms with Gasteiger partial charge < -0.3 is 9.30 Å². The summed E-state index contributed by atoms with van der Waals surface area (Å²) >= 11 is 9.61. The first kappa shape index (κ1) is 15.3. The van der Waals surface area contributed by atoms with Crippen LogP contribution in [0.4, 0.5) is 0 Å². The third-order valence-electron chi connectivity index (χ3n) is 2.94. The molecule has 1 aromatic carbocycles. The number of alkyl halides is 1. The number of benzene rings is 1. The molecule has 6 heteroatoms. The standard InChI is InChI=1S/C14H16BrClN2O2/c1-3-20-13(19)6-7-18-12-5-4-10(15)8-11(12)17-14(18)9(2)16/h4-5,8-9H,3,6-7H2,1-2H3. The summed E-state index contributed by atoms with van der Waals surface area (Å²) in [4.78, 5) is 16.1. The fourth-order valence-electron chi connectivity index (χ4n) is 2.10. The van der Waals surface area contributed by atoms with Crippen molar-refractivity contribution in [2.45, 2.75) is 32.2 Å². The number of esters is 1. The summed E-state index contributed by atoms with van der Waals surface area (Å²) in [5.74, 6) is 0.559. The van der Waals surface area contributed by atoms with Crippen LogP contribution in [0.25, 0.3) is 11.0 Å². The topological polar surface area (TPSA) is 44.1 Å². The predicted octanol–water partition coefficient (Wildman–Crippen LogP) is 4.05. The molecule has 1 atom stereocenters. The second-order valence-corrected chi connectivity index (χ2v) is 6.00. The number of nitrogens with zero attached hydrogens (tertiary/aromatic N) is 2. The van der Waals surface area contributed by atoms with E-state index in [1.807, 2.05) is 29.7 Å². The maximum absolute atomic E-state index is 11.5. The van der Waals surface area contributed by atoms with Crippen LogP contribution >= 0.6 is 27.5 Å². The molecule has 20 heavy (non-hydrogen) atoms. The number of aromatic nitrogens is 2. The van der Waals surface area contributed by atoms with Gasteiger partial charge in [0.15, 0.2) is 0 Å². The Morgan fingerprint density at radius 3 is 2.95 bits per heavy atom. The summed E-state index contributed by atoms with van der Waals surface area (Å²) in [6.45, 7) is 4.59. The van der Waals surface area contributed by atoms with Crippen molar-refractivity contribution in [2.75, 3.05) is 6.61 Å². The van der Waals surface area contributed by atoms with E-state index in [4.69, 9.17) is 16.3 Å². The highest BCUT2D eigenvalue weighted by Gasteiger charge is 2.16. The van der Waals surface area contributed by atoms with Gasteiger partial charge >= 0.3 is 5.97 Å². The van der Waals surface area contributed by atoms with Gasteiger partial charge in [-0.25, -0.2) is 4.98 Å². The van der Waals surface area contributed by atoms with Crippen molar-refractivity contribution < 1.29 is 9.53 Å². The summed E-state index contributed by atoms with van der Waals surface area (Å²) in [6.07, 6.45) is 0.311. The Kier molecular flexibility index (Phi) is 5.05. The molecular formula is C14H16BrClN2O2. The van der Waals surface area contributed by atoms with E-state index in [2.05, 4.69) is 20.9 Å². The number of ether oxygens (including phenoxy) is 1. The van der Waals surface area contributed by atoms with Crippen molar-refractivity contribution in [3.8, 4) is 0 Å². The molecule has 2 rings (SSSR count). The number of rotatable bonds is 5. The molecule has 0 saturated heterocycles. The van der Waals surface area contributed by atoms with Crippen LogP contribution in [0.2, 0.25) is 0 Å². The minimum Gasteiger partial charge on any atom is -0.466 e. The van der Waals surface area contributed by atoms with Crippen LogP contribution in [0.15, 0.2) is 22.7 Å². The van der Waals surface area contributed by atoms with Crippen LogP contribution in [0.1, 0.15) is 31.5 Å². The molecule has 0 fully saturated rings. The molecule has 4 nitrogen and oxygen atoms in total. The molecule has 1 heterocycles. The smallest absolute Gasteiger partial charge is 0.307 e. The van der Waals surface area contributed by atoms with E-state index in [1.165, 1.54) is 0 Å². The number of hydrogen-bond donors (Lipinski definition) is 0. The van der Waals surface area contributed by atoms with Gasteiger partial charge in [-0.2, -0.15) is 0 Å². The van der Waals surface area contributed by atoms with Crippen LogP contribution in [0.5, 0.6) is 0 Å². The lowest BCUT2D eigenvalue weighted by molar-refractivity contribution is -0.143. The highest BCUT2D eigenvalue weighted by molar-refractivity contribution is 9.10. The lowest BCUT2D eigenvalue weighted by Gasteiger charge is -2.10. The van der Waals surface area contributed by atoms with Crippen molar-refractivity contribution >= 4 is 44.5 Å². The Bertz CT molecular complexity index is 625. The van der Waals surface area contributed by atoms with Crippen LogP contribution in [0, 0.1) is 0 Å². The van der Waals surface area contributed by atoms with Crippen LogP contribution in [-0.2, 0) is 16.1 Å². The summed E-state index contributed by atoms with van der Waals surface area (Å²) in [5, 5.41) is -0.219. The Morgan fingerprint density at radius 1 is 1.55 bits per heavy atom. The zero-order valence-electron chi connectivity index (χ0n) is 11.4. The number of halogens is 2. The van der Waals surface area contributed by atoms with Gasteiger partial charge in [0.05, 0.1) is 29.4 Å². The van der Waals surface area contributed by atoms with Crippen LogP contribution < -0.4 is 0 Å². The lowest BCUT2D eigenvalue weighted by atomic mass is 10.3. The molecule has 0 amide bonds. The first-order valence-corrected chi connectivity index (χ1v) is 7.71. The molecule has 0 aliphatic rings. The quantitative estimate of drug-likeness (QED) is 0.597. The molecule has 0 radical (unpaired) electrons. The highest BCUT2D eigenvalue weighted by atomic mass is 79.9. The van der Waals surface area contributed by atoms with Crippen molar-refractivity contribution in [1.82, 2.24) is 9.55 Å². The van der Waals surface area contributed by atoms with E-state index in [1.54, 1.807) is 6.92 Å². The number of hydrogen-bond acceptors (Lipinski definition) is 3. The van der Waals surface area contributed by atoms with E-state index in [-0.39, 0.29) is 11.3 Å². The van der Waals surface area contributed by atoms with Crippen molar-refractivity contribution in [2.24, 2.45) is 0 Å². The molecule has 2 aromatic rings. The highest BCUT2D eigenvalue weighted by Crippen LogP contribution is 2.26. The predicted molar refractivity (Wildman–Crippen MR) is 83.0 cm³/mol. The SMILES string of the molecule is CCOC(=O)CCn1c(C(C)Cl)nc2cc(Br)ccc21. The minimum absolute atomic E-state index is 0.209. The fraction of sp³-hybridized carbons (Fsp3) is 0.429. The monoisotopic (exact) mass is 358 g/mol. The minimum atomic E-state index is -0.219. The van der Waals surface area contributed by atoms with Gasteiger partial charge in [0.1, 0.15) is 5.82 Å². The van der Waals surface area contributed by atoms with Gasteiger partial charge in [-0.1, -0.05) is 15.9 Å². The summed E-state index contributed by atoms with van der Waals surface area (Å²) in [5.41, 5.74) is 1.84. The Hall–Kier alpha value is -1.07. The van der Waals surface area contributed by atoms with Gasteiger partial charge in [0.25, 0.3) is 0 Å². The van der Waals surface area contributed by atoms with Gasteiger partial charge in [-0.15, -0.1) is 11.6 Å². The first-order valence-electron chi connectivity index (χ1n) is 6.48. The van der Waals surface area contributed by atoms with Gasteiger partial charge in [-0.05, 0) is 32.0 Å². The molecular weight excluding hydrogens is 344 g/mol. The molecule has 0 bridgehead atoms. The second kappa shape index (κ2) is 6.59. The van der Waals surface area contributed by atoms with E-state index in [0.717, 1.165) is 21.3 Å². The summed E-state index contributed by atoms with van der Waals surface area (Å²) in [7, 11) is 0. The van der Waals surface area contributed by atoms with Crippen LogP contribution in [0.3, 0.4) is 0 Å². The fourth-order valence-corrected chi connectivity index (χ4v) is 2.61. The van der Waals surface area contributed by atoms with Gasteiger partial charge in [0.2, 0.25) is 0 Å². The molecule has 0 N–H and O–H groups in total. The number of fused-ring (bicyclic) bond motifs is 1. The molecule has 0 spiro atoms. The summed E-state index contributed by atoms with van der Waals surface area (Å²) in [6, 6.07) is 5.87.